The summed E-state index contributed by atoms with van der Waals surface area (Å²) in [7, 11) is 2.06. The molecule has 8 nitrogen and oxygen atoms in total. The Hall–Kier alpha value is -4.10. The zero-order valence-electron chi connectivity index (χ0n) is 24.2. The summed E-state index contributed by atoms with van der Waals surface area (Å²) >= 11 is 0. The smallest absolute Gasteiger partial charge is 0.319 e. The number of rotatable bonds is 7. The van der Waals surface area contributed by atoms with Gasteiger partial charge in [0.2, 0.25) is 0 Å². The van der Waals surface area contributed by atoms with Crippen molar-refractivity contribution in [2.75, 3.05) is 44.7 Å². The van der Waals surface area contributed by atoms with Crippen LogP contribution in [0.1, 0.15) is 42.7 Å². The number of halogens is 2. The molecule has 4 aliphatic rings. The van der Waals surface area contributed by atoms with Crippen LogP contribution in [0.15, 0.2) is 42.7 Å². The van der Waals surface area contributed by atoms with Crippen molar-refractivity contribution in [1.82, 2.24) is 19.8 Å². The van der Waals surface area contributed by atoms with Gasteiger partial charge in [0, 0.05) is 36.6 Å². The van der Waals surface area contributed by atoms with E-state index in [1.165, 1.54) is 22.4 Å². The van der Waals surface area contributed by atoms with Gasteiger partial charge in [0.25, 0.3) is 5.91 Å². The van der Waals surface area contributed by atoms with Gasteiger partial charge in [-0.1, -0.05) is 30.8 Å². The number of hydrogen-bond donors (Lipinski definition) is 0. The van der Waals surface area contributed by atoms with Gasteiger partial charge in [-0.15, -0.1) is 0 Å². The largest absolute Gasteiger partial charge is 0.462 e. The molecule has 0 spiro atoms. The summed E-state index contributed by atoms with van der Waals surface area (Å²) in [6.07, 6.45) is 4.29. The molecule has 43 heavy (non-hydrogen) atoms. The molecule has 1 aromatic heterocycles. The van der Waals surface area contributed by atoms with Gasteiger partial charge in [0.05, 0.1) is 18.5 Å². The lowest BCUT2D eigenvalue weighted by atomic mass is 9.93. The topological polar surface area (TPSA) is 85.6 Å². The minimum absolute atomic E-state index is 0.00945. The molecule has 1 saturated carbocycles. The van der Waals surface area contributed by atoms with Gasteiger partial charge in [-0.3, -0.25) is 4.79 Å². The normalized spacial score (nSPS) is 24.5. The molecular weight excluding hydrogens is 550 g/mol. The molecule has 2 saturated heterocycles. The maximum atomic E-state index is 16.6. The van der Waals surface area contributed by atoms with Crippen LogP contribution < -0.4 is 9.64 Å². The van der Waals surface area contributed by atoms with E-state index >= 15 is 4.39 Å². The molecule has 2 aliphatic heterocycles. The third kappa shape index (κ3) is 4.89. The van der Waals surface area contributed by atoms with Crippen molar-refractivity contribution in [2.45, 2.75) is 50.1 Å². The Balaban J connectivity index is 1.29. The van der Waals surface area contributed by atoms with E-state index < -0.39 is 23.6 Å². The highest BCUT2D eigenvalue weighted by atomic mass is 19.1. The van der Waals surface area contributed by atoms with Crippen LogP contribution in [-0.4, -0.2) is 77.6 Å². The van der Waals surface area contributed by atoms with Crippen LogP contribution in [0.2, 0.25) is 0 Å². The van der Waals surface area contributed by atoms with Gasteiger partial charge in [-0.05, 0) is 73.9 Å². The van der Waals surface area contributed by atoms with Gasteiger partial charge >= 0.3 is 6.01 Å². The van der Waals surface area contributed by atoms with E-state index in [1.54, 1.807) is 6.07 Å². The Morgan fingerprint density at radius 1 is 1.16 bits per heavy atom. The quantitative estimate of drug-likeness (QED) is 0.362. The molecule has 0 bridgehead atoms. The molecule has 10 heteroatoms. The summed E-state index contributed by atoms with van der Waals surface area (Å²) in [4.78, 5) is 27.3. The molecule has 0 N–H and O–H groups in total. The predicted octanol–water partition coefficient (Wildman–Crippen LogP) is 4.98. The van der Waals surface area contributed by atoms with Crippen LogP contribution in [0.25, 0.3) is 22.0 Å². The summed E-state index contributed by atoms with van der Waals surface area (Å²) in [5.41, 5.74) is 4.15. The van der Waals surface area contributed by atoms with Gasteiger partial charge in [0.1, 0.15) is 17.9 Å². The van der Waals surface area contributed by atoms with Crippen molar-refractivity contribution < 1.29 is 18.3 Å². The van der Waals surface area contributed by atoms with E-state index in [2.05, 4.69) is 35.6 Å². The molecule has 2 aliphatic carbocycles. The standard InChI is InChI=1S/C33H34F2N6O2/c1-19(34)32(42)41-14-13-40(17-21(41)10-11-36)31-26-9-8-25(23-6-3-7-24-27-15-20(27)16-28(23)24)29(35)30(26)37-33(38-31)43-18-22-5-4-12-39(22)2/h3,6-9,20-22,27H,1,4-5,10,12-18H2,2H3/t20-,21-,22-,27-/m0/s1. The van der Waals surface area contributed by atoms with Crippen molar-refractivity contribution >= 4 is 22.6 Å². The number of benzene rings is 2. The highest BCUT2D eigenvalue weighted by molar-refractivity contribution is 5.94. The van der Waals surface area contributed by atoms with Crippen molar-refractivity contribution in [1.29, 1.82) is 5.26 Å². The molecule has 2 aromatic carbocycles. The van der Waals surface area contributed by atoms with Crippen molar-refractivity contribution in [2.24, 2.45) is 5.92 Å². The van der Waals surface area contributed by atoms with Gasteiger partial charge in [0.15, 0.2) is 11.6 Å². The molecule has 7 rings (SSSR count). The first kappa shape index (κ1) is 27.7. The second-order valence-electron chi connectivity index (χ2n) is 12.3. The molecule has 3 aromatic rings. The predicted molar refractivity (Wildman–Crippen MR) is 159 cm³/mol. The van der Waals surface area contributed by atoms with E-state index in [0.717, 1.165) is 31.4 Å². The zero-order chi connectivity index (χ0) is 29.8. The second-order valence-corrected chi connectivity index (χ2v) is 12.3. The zero-order valence-corrected chi connectivity index (χ0v) is 24.2. The third-order valence-electron chi connectivity index (χ3n) is 9.74. The van der Waals surface area contributed by atoms with Gasteiger partial charge < -0.3 is 19.4 Å². The Labute approximate surface area is 249 Å². The van der Waals surface area contributed by atoms with Crippen molar-refractivity contribution in [3.05, 3.63) is 59.7 Å². The van der Waals surface area contributed by atoms with E-state index in [-0.39, 0.29) is 37.1 Å². The molecule has 1 amide bonds. The van der Waals surface area contributed by atoms with Crippen LogP contribution in [0.3, 0.4) is 0 Å². The molecular formula is C33H34F2N6O2. The fraction of sp³-hybridized carbons (Fsp3) is 0.455. The number of nitriles is 1. The average Bonchev–Trinajstić information content (AvgIpc) is 3.50. The third-order valence-corrected chi connectivity index (χ3v) is 9.74. The number of fused-ring (bicyclic) bond motifs is 4. The fourth-order valence-corrected chi connectivity index (χ4v) is 7.30. The summed E-state index contributed by atoms with van der Waals surface area (Å²) < 4.78 is 36.5. The maximum absolute atomic E-state index is 16.6. The van der Waals surface area contributed by atoms with Crippen molar-refractivity contribution in [3.63, 3.8) is 0 Å². The van der Waals surface area contributed by atoms with Gasteiger partial charge in [-0.2, -0.15) is 15.2 Å². The summed E-state index contributed by atoms with van der Waals surface area (Å²) in [6, 6.07) is 11.7. The Kier molecular flexibility index (Phi) is 7.01. The molecule has 222 valence electrons. The highest BCUT2D eigenvalue weighted by Gasteiger charge is 2.46. The number of likely N-dealkylation sites (N-methyl/N-ethyl adjacent to an activating group) is 1. The number of ether oxygens (including phenoxy) is 1. The van der Waals surface area contributed by atoms with Crippen LogP contribution in [0.4, 0.5) is 14.6 Å². The Morgan fingerprint density at radius 2 is 2.02 bits per heavy atom. The highest BCUT2D eigenvalue weighted by Crippen LogP contribution is 2.58. The van der Waals surface area contributed by atoms with Crippen LogP contribution in [0, 0.1) is 23.1 Å². The average molecular weight is 585 g/mol. The van der Waals surface area contributed by atoms with Crippen LogP contribution in [-0.2, 0) is 11.2 Å². The first-order valence-electron chi connectivity index (χ1n) is 15.1. The molecule has 3 fully saturated rings. The lowest BCUT2D eigenvalue weighted by Crippen LogP contribution is -2.55. The first-order valence-corrected chi connectivity index (χ1v) is 15.1. The number of hydrogen-bond acceptors (Lipinski definition) is 7. The monoisotopic (exact) mass is 584 g/mol. The molecule has 0 radical (unpaired) electrons. The fourth-order valence-electron chi connectivity index (χ4n) is 7.30. The van der Waals surface area contributed by atoms with Crippen LogP contribution in [0.5, 0.6) is 6.01 Å². The maximum Gasteiger partial charge on any atom is 0.319 e. The molecule has 4 atom stereocenters. The van der Waals surface area contributed by atoms with Crippen molar-refractivity contribution in [3.8, 4) is 23.2 Å². The SMILES string of the molecule is C=C(F)C(=O)N1CCN(c2nc(OC[C@@H]3CCCN3C)nc3c(F)c(-c4cccc5c4C[C@@H]4C[C@H]54)ccc23)C[C@@H]1CC#N. The second kappa shape index (κ2) is 10.9. The number of nitrogens with zero attached hydrogens (tertiary/aromatic N) is 6. The molecule has 0 unspecified atom stereocenters. The summed E-state index contributed by atoms with van der Waals surface area (Å²) in [6.45, 7) is 5.23. The number of carbonyl (C=O) groups is 1. The minimum atomic E-state index is -1.06. The number of aromatic nitrogens is 2. The first-order chi connectivity index (χ1) is 20.8. The summed E-state index contributed by atoms with van der Waals surface area (Å²) in [5, 5.41) is 9.98. The number of anilines is 1. The Bertz CT molecular complexity index is 1670. The number of amides is 1. The minimum Gasteiger partial charge on any atom is -0.462 e. The number of piperazine rings is 1. The number of carbonyl (C=O) groups excluding carboxylic acids is 1. The number of likely N-dealkylation sites (tertiary alicyclic amines) is 1. The van der Waals surface area contributed by atoms with E-state index in [9.17, 15) is 14.4 Å². The van der Waals surface area contributed by atoms with E-state index in [0.29, 0.717) is 41.8 Å². The Morgan fingerprint density at radius 3 is 2.79 bits per heavy atom. The molecule has 3 heterocycles. The summed E-state index contributed by atoms with van der Waals surface area (Å²) in [5.74, 6) is -0.559. The van der Waals surface area contributed by atoms with E-state index in [1.807, 2.05) is 23.1 Å². The lowest BCUT2D eigenvalue weighted by Gasteiger charge is -2.41. The van der Waals surface area contributed by atoms with E-state index in [4.69, 9.17) is 9.72 Å². The van der Waals surface area contributed by atoms with Crippen LogP contribution >= 0.6 is 0 Å². The van der Waals surface area contributed by atoms with Gasteiger partial charge in [-0.25, -0.2) is 8.78 Å². The lowest BCUT2D eigenvalue weighted by molar-refractivity contribution is -0.131.